The molecule has 7 heteroatoms. The van der Waals surface area contributed by atoms with Crippen molar-refractivity contribution in [3.05, 3.63) is 53.7 Å². The zero-order valence-corrected chi connectivity index (χ0v) is 21.0. The first-order valence-corrected chi connectivity index (χ1v) is 17.2. The summed E-state index contributed by atoms with van der Waals surface area (Å²) in [4.78, 5) is 28.6. The van der Waals surface area contributed by atoms with Gasteiger partial charge in [0.15, 0.2) is 0 Å². The molecule has 0 aliphatic heterocycles. The quantitative estimate of drug-likeness (QED) is 0.401. The van der Waals surface area contributed by atoms with Crippen molar-refractivity contribution in [3.63, 3.8) is 0 Å². The van der Waals surface area contributed by atoms with E-state index in [0.29, 0.717) is 18.0 Å². The molecule has 1 N–H and O–H groups in total. The predicted molar refractivity (Wildman–Crippen MR) is 130 cm³/mol. The summed E-state index contributed by atoms with van der Waals surface area (Å²) in [5, 5.41) is 5.48. The van der Waals surface area contributed by atoms with Crippen LogP contribution in [0.25, 0.3) is 6.08 Å². The number of carbonyl (C=O) groups excluding carboxylic acids is 2. The Bertz CT molecular complexity index is 908. The van der Waals surface area contributed by atoms with E-state index in [1.54, 1.807) is 31.3 Å². The van der Waals surface area contributed by atoms with Crippen LogP contribution in [0.5, 0.6) is 0 Å². The number of anilines is 1. The molecule has 0 aliphatic carbocycles. The molecule has 0 atom stereocenters. The number of carbonyl (C=O) groups is 2. The number of pyridine rings is 1. The molecular weight excluding hydrogens is 408 g/mol. The van der Waals surface area contributed by atoms with E-state index in [0.717, 1.165) is 5.56 Å². The van der Waals surface area contributed by atoms with Gasteiger partial charge in [-0.2, -0.15) is 0 Å². The van der Waals surface area contributed by atoms with E-state index in [1.165, 1.54) is 16.4 Å². The number of ether oxygens (including phenoxy) is 1. The fourth-order valence-electron chi connectivity index (χ4n) is 2.75. The van der Waals surface area contributed by atoms with Crippen molar-refractivity contribution < 1.29 is 14.3 Å². The van der Waals surface area contributed by atoms with Crippen LogP contribution in [0.1, 0.15) is 22.8 Å². The fraction of sp³-hybridized carbons (Fsp3) is 0.348. The average molecular weight is 441 g/mol. The van der Waals surface area contributed by atoms with Crippen molar-refractivity contribution in [1.82, 2.24) is 4.98 Å². The average Bonchev–Trinajstić information content (AvgIpc) is 2.66. The molecule has 0 bridgehead atoms. The SMILES string of the molecule is CCOC(=O)/C=C/c1ccc(NC(=O)c2cc([Si](C)(C)C)cc([Si](C)(C)C)c2)nc1. The highest BCUT2D eigenvalue weighted by Gasteiger charge is 2.24. The largest absolute Gasteiger partial charge is 0.463 e. The van der Waals surface area contributed by atoms with Crippen molar-refractivity contribution in [2.75, 3.05) is 11.9 Å². The predicted octanol–water partition coefficient (Wildman–Crippen LogP) is 4.00. The molecule has 0 unspecified atom stereocenters. The maximum Gasteiger partial charge on any atom is 0.330 e. The van der Waals surface area contributed by atoms with Crippen LogP contribution in [0.4, 0.5) is 5.82 Å². The van der Waals surface area contributed by atoms with Crippen LogP contribution >= 0.6 is 0 Å². The molecule has 0 aliphatic rings. The maximum atomic E-state index is 12.9. The smallest absolute Gasteiger partial charge is 0.330 e. The van der Waals surface area contributed by atoms with Gasteiger partial charge in [0.25, 0.3) is 5.91 Å². The first-order valence-electron chi connectivity index (χ1n) is 10.2. The van der Waals surface area contributed by atoms with E-state index in [1.807, 2.05) is 12.1 Å². The molecule has 1 aromatic carbocycles. The van der Waals surface area contributed by atoms with Crippen LogP contribution in [0.15, 0.2) is 42.6 Å². The Morgan fingerprint density at radius 1 is 1.00 bits per heavy atom. The lowest BCUT2D eigenvalue weighted by Gasteiger charge is -2.24. The van der Waals surface area contributed by atoms with Crippen LogP contribution in [0.3, 0.4) is 0 Å². The van der Waals surface area contributed by atoms with E-state index in [4.69, 9.17) is 4.74 Å². The first kappa shape index (κ1) is 23.8. The van der Waals surface area contributed by atoms with E-state index >= 15 is 0 Å². The lowest BCUT2D eigenvalue weighted by atomic mass is 10.2. The van der Waals surface area contributed by atoms with E-state index in [2.05, 4.69) is 55.6 Å². The second-order valence-electron chi connectivity index (χ2n) is 9.32. The van der Waals surface area contributed by atoms with E-state index in [9.17, 15) is 9.59 Å². The molecule has 1 aromatic heterocycles. The van der Waals surface area contributed by atoms with Gasteiger partial charge in [-0.15, -0.1) is 0 Å². The summed E-state index contributed by atoms with van der Waals surface area (Å²) < 4.78 is 4.86. The second-order valence-corrected chi connectivity index (χ2v) is 19.5. The van der Waals surface area contributed by atoms with Crippen LogP contribution in [0.2, 0.25) is 39.3 Å². The molecule has 0 saturated heterocycles. The third kappa shape index (κ3) is 6.78. The molecule has 30 heavy (non-hydrogen) atoms. The number of hydrogen-bond donors (Lipinski definition) is 1. The number of hydrogen-bond acceptors (Lipinski definition) is 4. The fourth-order valence-corrected chi connectivity index (χ4v) is 5.24. The van der Waals surface area contributed by atoms with Gasteiger partial charge in [-0.25, -0.2) is 9.78 Å². The molecule has 0 saturated carbocycles. The number of benzene rings is 1. The van der Waals surface area contributed by atoms with Gasteiger partial charge in [-0.05, 0) is 30.7 Å². The van der Waals surface area contributed by atoms with Crippen molar-refractivity contribution >= 4 is 50.3 Å². The number of nitrogens with zero attached hydrogens (tertiary/aromatic N) is 1. The van der Waals surface area contributed by atoms with Crippen LogP contribution in [0, 0.1) is 0 Å². The lowest BCUT2D eigenvalue weighted by molar-refractivity contribution is -0.137. The Labute approximate surface area is 181 Å². The summed E-state index contributed by atoms with van der Waals surface area (Å²) in [7, 11) is -3.13. The lowest BCUT2D eigenvalue weighted by Crippen LogP contribution is -2.46. The van der Waals surface area contributed by atoms with Crippen LogP contribution in [-0.4, -0.2) is 39.6 Å². The van der Waals surface area contributed by atoms with Crippen molar-refractivity contribution in [2.24, 2.45) is 0 Å². The highest BCUT2D eigenvalue weighted by Crippen LogP contribution is 2.12. The zero-order chi connectivity index (χ0) is 22.5. The van der Waals surface area contributed by atoms with Gasteiger partial charge in [-0.1, -0.05) is 67.9 Å². The maximum absolute atomic E-state index is 12.9. The standard InChI is InChI=1S/C23H32N2O3Si2/c1-8-28-22(26)12-10-17-9-11-21(24-16-17)25-23(27)18-13-19(29(2,3)4)15-20(14-18)30(5,6)7/h9-16H,8H2,1-7H3,(H,24,25,27)/b12-10+. The Kier molecular flexibility index (Phi) is 7.55. The van der Waals surface area contributed by atoms with Crippen molar-refractivity contribution in [1.29, 1.82) is 0 Å². The van der Waals surface area contributed by atoms with Gasteiger partial charge >= 0.3 is 5.97 Å². The Balaban J connectivity index is 2.22. The normalized spacial score (nSPS) is 12.1. The molecule has 0 radical (unpaired) electrons. The minimum Gasteiger partial charge on any atom is -0.463 e. The van der Waals surface area contributed by atoms with E-state index in [-0.39, 0.29) is 5.91 Å². The summed E-state index contributed by atoms with van der Waals surface area (Å²) >= 11 is 0. The Hall–Kier alpha value is -2.52. The summed E-state index contributed by atoms with van der Waals surface area (Å²) in [5.74, 6) is -0.0754. The molecule has 1 heterocycles. The van der Waals surface area contributed by atoms with Gasteiger partial charge in [0.05, 0.1) is 22.8 Å². The second kappa shape index (κ2) is 9.53. The van der Waals surface area contributed by atoms with Gasteiger partial charge in [-0.3, -0.25) is 4.79 Å². The number of aromatic nitrogens is 1. The van der Waals surface area contributed by atoms with E-state index < -0.39 is 22.1 Å². The van der Waals surface area contributed by atoms with Crippen LogP contribution < -0.4 is 15.7 Å². The monoisotopic (exact) mass is 440 g/mol. The molecule has 5 nitrogen and oxygen atoms in total. The highest BCUT2D eigenvalue weighted by atomic mass is 28.3. The van der Waals surface area contributed by atoms with Gasteiger partial charge in [0.2, 0.25) is 0 Å². The molecule has 2 aromatic rings. The third-order valence-electron chi connectivity index (χ3n) is 4.65. The number of esters is 1. The van der Waals surface area contributed by atoms with Crippen molar-refractivity contribution in [2.45, 2.75) is 46.2 Å². The number of nitrogens with one attached hydrogen (secondary N) is 1. The Morgan fingerprint density at radius 2 is 1.60 bits per heavy atom. The van der Waals surface area contributed by atoms with Crippen molar-refractivity contribution in [3.8, 4) is 0 Å². The zero-order valence-electron chi connectivity index (χ0n) is 19.0. The number of rotatable bonds is 7. The molecule has 0 fully saturated rings. The highest BCUT2D eigenvalue weighted by molar-refractivity contribution is 6.91. The molecule has 2 rings (SSSR count). The number of amides is 1. The summed E-state index contributed by atoms with van der Waals surface area (Å²) in [6, 6.07) is 9.89. The minimum atomic E-state index is -1.56. The third-order valence-corrected chi connectivity index (χ3v) is 8.70. The summed E-state index contributed by atoms with van der Waals surface area (Å²) in [5.41, 5.74) is 1.43. The first-order chi connectivity index (χ1) is 13.9. The topological polar surface area (TPSA) is 68.3 Å². The van der Waals surface area contributed by atoms with Gasteiger partial charge in [0.1, 0.15) is 5.82 Å². The molecule has 160 valence electrons. The molecule has 1 amide bonds. The minimum absolute atomic E-state index is 0.156. The van der Waals surface area contributed by atoms with Crippen LogP contribution in [-0.2, 0) is 9.53 Å². The summed E-state index contributed by atoms with van der Waals surface area (Å²) in [6.07, 6.45) is 4.60. The summed E-state index contributed by atoms with van der Waals surface area (Å²) in [6.45, 7) is 15.9. The molecule has 0 spiro atoms. The Morgan fingerprint density at radius 3 is 2.07 bits per heavy atom. The van der Waals surface area contributed by atoms with Gasteiger partial charge in [0, 0.05) is 17.8 Å². The molecular formula is C23H32N2O3Si2. The van der Waals surface area contributed by atoms with Gasteiger partial charge < -0.3 is 10.1 Å².